The van der Waals surface area contributed by atoms with Gasteiger partial charge in [0.15, 0.2) is 0 Å². The van der Waals surface area contributed by atoms with E-state index in [1.807, 2.05) is 0 Å². The Kier molecular flexibility index (Phi) is 3.95. The fourth-order valence-electron chi connectivity index (χ4n) is 3.55. The molecule has 1 N–H and O–H groups in total. The van der Waals surface area contributed by atoms with Crippen molar-refractivity contribution in [3.8, 4) is 0 Å². The van der Waals surface area contributed by atoms with Crippen LogP contribution in [0.15, 0.2) is 6.07 Å². The normalized spacial score (nSPS) is 25.1. The molecular formula is C18H26N4O. The van der Waals surface area contributed by atoms with Gasteiger partial charge in [-0.2, -0.15) is 0 Å². The summed E-state index contributed by atoms with van der Waals surface area (Å²) in [4.78, 5) is 23.9. The van der Waals surface area contributed by atoms with Gasteiger partial charge in [-0.3, -0.25) is 4.79 Å². The van der Waals surface area contributed by atoms with E-state index in [0.717, 1.165) is 56.1 Å². The molecule has 23 heavy (non-hydrogen) atoms. The molecule has 1 amide bonds. The largest absolute Gasteiger partial charge is 0.354 e. The minimum atomic E-state index is 0.261. The lowest BCUT2D eigenvalue weighted by atomic mass is 9.84. The van der Waals surface area contributed by atoms with Crippen LogP contribution >= 0.6 is 0 Å². The first-order chi connectivity index (χ1) is 11.2. The molecule has 1 aromatic rings. The van der Waals surface area contributed by atoms with Gasteiger partial charge < -0.3 is 10.2 Å². The number of amides is 1. The lowest BCUT2D eigenvalue weighted by Gasteiger charge is -2.35. The van der Waals surface area contributed by atoms with Crippen LogP contribution in [0.4, 0.5) is 5.82 Å². The Bertz CT molecular complexity index is 595. The number of hydrogen-bond donors (Lipinski definition) is 1. The highest BCUT2D eigenvalue weighted by atomic mass is 16.2. The average molecular weight is 314 g/mol. The van der Waals surface area contributed by atoms with Crippen molar-refractivity contribution in [1.29, 1.82) is 0 Å². The summed E-state index contributed by atoms with van der Waals surface area (Å²) in [5.41, 5.74) is 1.05. The number of carbonyl (C=O) groups is 1. The fourth-order valence-corrected chi connectivity index (χ4v) is 3.55. The number of rotatable bonds is 4. The predicted molar refractivity (Wildman–Crippen MR) is 89.5 cm³/mol. The molecule has 5 nitrogen and oxygen atoms in total. The van der Waals surface area contributed by atoms with Crippen LogP contribution in [0.1, 0.15) is 62.4 Å². The lowest BCUT2D eigenvalue weighted by Crippen LogP contribution is -2.50. The Morgan fingerprint density at radius 2 is 2.00 bits per heavy atom. The zero-order chi connectivity index (χ0) is 15.8. The van der Waals surface area contributed by atoms with E-state index in [1.54, 1.807) is 0 Å². The number of nitrogens with one attached hydrogen (secondary N) is 1. The third-order valence-electron chi connectivity index (χ3n) is 5.37. The fraction of sp³-hybridized carbons (Fsp3) is 0.722. The third kappa shape index (κ3) is 3.33. The quantitative estimate of drug-likeness (QED) is 0.928. The highest BCUT2D eigenvalue weighted by Crippen LogP contribution is 2.38. The lowest BCUT2D eigenvalue weighted by molar-refractivity contribution is -0.128. The first-order valence-electron chi connectivity index (χ1n) is 9.10. The van der Waals surface area contributed by atoms with Crippen LogP contribution in [-0.2, 0) is 4.79 Å². The maximum Gasteiger partial charge on any atom is 0.223 e. The maximum atomic E-state index is 12.2. The molecule has 5 heteroatoms. The van der Waals surface area contributed by atoms with Crippen LogP contribution in [0.2, 0.25) is 0 Å². The molecule has 1 saturated heterocycles. The molecule has 124 valence electrons. The Morgan fingerprint density at radius 1 is 1.17 bits per heavy atom. The minimum absolute atomic E-state index is 0.261. The van der Waals surface area contributed by atoms with Gasteiger partial charge in [-0.25, -0.2) is 9.97 Å². The summed E-state index contributed by atoms with van der Waals surface area (Å²) in [5, 5.41) is 3.26. The number of aryl methyl sites for hydroxylation is 1. The van der Waals surface area contributed by atoms with Gasteiger partial charge in [0.05, 0.1) is 0 Å². The highest BCUT2D eigenvalue weighted by molar-refractivity contribution is 5.79. The molecule has 0 bridgehead atoms. The predicted octanol–water partition coefficient (Wildman–Crippen LogP) is 2.55. The molecule has 0 radical (unpaired) electrons. The number of piperidine rings is 1. The van der Waals surface area contributed by atoms with E-state index in [4.69, 9.17) is 4.98 Å². The van der Waals surface area contributed by atoms with Gasteiger partial charge in [-0.1, -0.05) is 6.42 Å². The van der Waals surface area contributed by atoms with E-state index >= 15 is 0 Å². The molecule has 2 aliphatic carbocycles. The molecule has 4 rings (SSSR count). The van der Waals surface area contributed by atoms with E-state index < -0.39 is 0 Å². The van der Waals surface area contributed by atoms with Gasteiger partial charge in [0.1, 0.15) is 11.6 Å². The molecule has 1 aliphatic heterocycles. The topological polar surface area (TPSA) is 58.1 Å². The number of carbonyl (C=O) groups excluding carboxylic acids is 1. The van der Waals surface area contributed by atoms with Gasteiger partial charge in [0, 0.05) is 42.7 Å². The van der Waals surface area contributed by atoms with Crippen molar-refractivity contribution in [2.24, 2.45) is 5.92 Å². The molecular weight excluding hydrogens is 288 g/mol. The second-order valence-electron chi connectivity index (χ2n) is 7.42. The standard InChI is InChI=1S/C18H26N4O/c1-12-10-16(21-17(19-12)13-7-8-13)22-9-3-6-15(11-22)20-18(23)14-4-2-5-14/h10,13-15H,2-9,11H2,1H3,(H,20,23). The van der Waals surface area contributed by atoms with Gasteiger partial charge in [-0.05, 0) is 45.4 Å². The third-order valence-corrected chi connectivity index (χ3v) is 5.37. The summed E-state index contributed by atoms with van der Waals surface area (Å²) in [7, 11) is 0. The van der Waals surface area contributed by atoms with Crippen LogP contribution in [0.3, 0.4) is 0 Å². The first kappa shape index (κ1) is 14.9. The smallest absolute Gasteiger partial charge is 0.223 e. The second kappa shape index (κ2) is 6.10. The van der Waals surface area contributed by atoms with Gasteiger partial charge >= 0.3 is 0 Å². The van der Waals surface area contributed by atoms with Crippen molar-refractivity contribution in [2.45, 2.75) is 63.8 Å². The summed E-state index contributed by atoms with van der Waals surface area (Å²) in [6.45, 7) is 3.95. The van der Waals surface area contributed by atoms with Crippen LogP contribution in [0, 0.1) is 12.8 Å². The van der Waals surface area contributed by atoms with Crippen molar-refractivity contribution < 1.29 is 4.79 Å². The van der Waals surface area contributed by atoms with E-state index in [-0.39, 0.29) is 17.9 Å². The van der Waals surface area contributed by atoms with Crippen molar-refractivity contribution in [2.75, 3.05) is 18.0 Å². The number of aromatic nitrogens is 2. The molecule has 1 aromatic heterocycles. The Hall–Kier alpha value is -1.65. The Balaban J connectivity index is 1.43. The van der Waals surface area contributed by atoms with Crippen LogP contribution in [0.25, 0.3) is 0 Å². The molecule has 2 saturated carbocycles. The molecule has 2 heterocycles. The van der Waals surface area contributed by atoms with Crippen molar-refractivity contribution >= 4 is 11.7 Å². The van der Waals surface area contributed by atoms with Crippen molar-refractivity contribution in [3.63, 3.8) is 0 Å². The van der Waals surface area contributed by atoms with Crippen molar-refractivity contribution in [3.05, 3.63) is 17.6 Å². The Labute approximate surface area is 137 Å². The van der Waals surface area contributed by atoms with Gasteiger partial charge in [0.25, 0.3) is 0 Å². The molecule has 0 spiro atoms. The molecule has 1 atom stereocenters. The average Bonchev–Trinajstić information content (AvgIpc) is 3.29. The summed E-state index contributed by atoms with van der Waals surface area (Å²) in [5.74, 6) is 3.17. The van der Waals surface area contributed by atoms with E-state index in [2.05, 4.69) is 28.2 Å². The Morgan fingerprint density at radius 3 is 2.70 bits per heavy atom. The highest BCUT2D eigenvalue weighted by Gasteiger charge is 2.30. The summed E-state index contributed by atoms with van der Waals surface area (Å²) >= 11 is 0. The summed E-state index contributed by atoms with van der Waals surface area (Å²) in [6, 6.07) is 2.35. The number of nitrogens with zero attached hydrogens (tertiary/aromatic N) is 3. The van der Waals surface area contributed by atoms with Gasteiger partial charge in [0.2, 0.25) is 5.91 Å². The molecule has 1 unspecified atom stereocenters. The van der Waals surface area contributed by atoms with Gasteiger partial charge in [-0.15, -0.1) is 0 Å². The number of hydrogen-bond acceptors (Lipinski definition) is 4. The number of anilines is 1. The van der Waals surface area contributed by atoms with Crippen molar-refractivity contribution in [1.82, 2.24) is 15.3 Å². The zero-order valence-corrected chi connectivity index (χ0v) is 13.9. The monoisotopic (exact) mass is 314 g/mol. The SMILES string of the molecule is Cc1cc(N2CCCC(NC(=O)C3CCC3)C2)nc(C2CC2)n1. The molecule has 3 aliphatic rings. The molecule has 0 aromatic carbocycles. The maximum absolute atomic E-state index is 12.2. The van der Waals surface area contributed by atoms with E-state index in [9.17, 15) is 4.79 Å². The van der Waals surface area contributed by atoms with E-state index in [1.165, 1.54) is 19.3 Å². The second-order valence-corrected chi connectivity index (χ2v) is 7.42. The van der Waals surface area contributed by atoms with Crippen LogP contribution < -0.4 is 10.2 Å². The van der Waals surface area contributed by atoms with Crippen LogP contribution in [-0.4, -0.2) is 35.0 Å². The van der Waals surface area contributed by atoms with E-state index in [0.29, 0.717) is 5.92 Å². The minimum Gasteiger partial charge on any atom is -0.354 e. The van der Waals surface area contributed by atoms with Crippen LogP contribution in [0.5, 0.6) is 0 Å². The summed E-state index contributed by atoms with van der Waals surface area (Å²) < 4.78 is 0. The summed E-state index contributed by atoms with van der Waals surface area (Å²) in [6.07, 6.45) is 7.98. The molecule has 3 fully saturated rings. The first-order valence-corrected chi connectivity index (χ1v) is 9.10. The zero-order valence-electron chi connectivity index (χ0n) is 13.9.